The lowest BCUT2D eigenvalue weighted by Crippen LogP contribution is -2.52. The first kappa shape index (κ1) is 13.5. The van der Waals surface area contributed by atoms with Gasteiger partial charge in [-0.05, 0) is 38.3 Å². The fourth-order valence-electron chi connectivity index (χ4n) is 3.03. The maximum Gasteiger partial charge on any atom is 0.236 e. The van der Waals surface area contributed by atoms with Gasteiger partial charge in [0.1, 0.15) is 0 Å². The van der Waals surface area contributed by atoms with Crippen molar-refractivity contribution < 1.29 is 9.59 Å². The second kappa shape index (κ2) is 4.65. The third-order valence-electron chi connectivity index (χ3n) is 4.84. The van der Waals surface area contributed by atoms with Crippen LogP contribution in [-0.2, 0) is 9.59 Å². The first-order valence-electron chi connectivity index (χ1n) is 6.95. The first-order chi connectivity index (χ1) is 8.38. The number of piperidine rings is 1. The average molecular weight is 252 g/mol. The molecule has 2 heterocycles. The molecule has 4 heteroatoms. The van der Waals surface area contributed by atoms with Gasteiger partial charge in [-0.3, -0.25) is 14.5 Å². The SMILES string of the molecule is CC1CNCCC1N1C(=O)CC(C)(C(C)C)C1=O. The van der Waals surface area contributed by atoms with Crippen LogP contribution in [0.25, 0.3) is 0 Å². The van der Waals surface area contributed by atoms with E-state index in [0.29, 0.717) is 12.3 Å². The molecule has 0 aromatic heterocycles. The van der Waals surface area contributed by atoms with Gasteiger partial charge in [0.05, 0.1) is 5.41 Å². The highest BCUT2D eigenvalue weighted by atomic mass is 16.2. The number of nitrogens with zero attached hydrogens (tertiary/aromatic N) is 1. The molecule has 4 nitrogen and oxygen atoms in total. The summed E-state index contributed by atoms with van der Waals surface area (Å²) in [5.41, 5.74) is -0.498. The van der Waals surface area contributed by atoms with Crippen molar-refractivity contribution in [2.75, 3.05) is 13.1 Å². The van der Waals surface area contributed by atoms with Gasteiger partial charge in [-0.25, -0.2) is 0 Å². The van der Waals surface area contributed by atoms with Crippen LogP contribution in [0.3, 0.4) is 0 Å². The Morgan fingerprint density at radius 2 is 2.06 bits per heavy atom. The number of hydrogen-bond donors (Lipinski definition) is 1. The summed E-state index contributed by atoms with van der Waals surface area (Å²) in [7, 11) is 0. The van der Waals surface area contributed by atoms with Gasteiger partial charge in [0, 0.05) is 12.5 Å². The molecule has 0 saturated carbocycles. The number of rotatable bonds is 2. The van der Waals surface area contributed by atoms with Crippen molar-refractivity contribution >= 4 is 11.8 Å². The fourth-order valence-corrected chi connectivity index (χ4v) is 3.03. The molecule has 0 spiro atoms. The Kier molecular flexibility index (Phi) is 3.49. The summed E-state index contributed by atoms with van der Waals surface area (Å²) < 4.78 is 0. The maximum atomic E-state index is 12.6. The number of carbonyl (C=O) groups is 2. The number of amides is 2. The molecule has 2 fully saturated rings. The molecule has 2 saturated heterocycles. The van der Waals surface area contributed by atoms with Gasteiger partial charge in [0.2, 0.25) is 11.8 Å². The Bertz CT molecular complexity index is 367. The van der Waals surface area contributed by atoms with Gasteiger partial charge in [-0.2, -0.15) is 0 Å². The number of carbonyl (C=O) groups excluding carboxylic acids is 2. The van der Waals surface area contributed by atoms with Crippen molar-refractivity contribution in [1.82, 2.24) is 10.2 Å². The van der Waals surface area contributed by atoms with Crippen LogP contribution in [0.2, 0.25) is 0 Å². The lowest BCUT2D eigenvalue weighted by atomic mass is 9.77. The van der Waals surface area contributed by atoms with E-state index in [-0.39, 0.29) is 23.8 Å². The molecule has 3 unspecified atom stereocenters. The minimum Gasteiger partial charge on any atom is -0.316 e. The predicted octanol–water partition coefficient (Wildman–Crippen LogP) is 1.41. The third-order valence-corrected chi connectivity index (χ3v) is 4.84. The van der Waals surface area contributed by atoms with E-state index in [4.69, 9.17) is 0 Å². The van der Waals surface area contributed by atoms with E-state index in [1.54, 1.807) is 4.90 Å². The summed E-state index contributed by atoms with van der Waals surface area (Å²) in [5.74, 6) is 0.619. The molecule has 0 aromatic carbocycles. The van der Waals surface area contributed by atoms with Gasteiger partial charge < -0.3 is 5.32 Å². The van der Waals surface area contributed by atoms with Gasteiger partial charge in [0.25, 0.3) is 0 Å². The normalized spacial score (nSPS) is 37.7. The molecular formula is C14H24N2O2. The van der Waals surface area contributed by atoms with Crippen molar-refractivity contribution in [2.45, 2.75) is 46.6 Å². The molecule has 2 aliphatic rings. The number of imide groups is 1. The number of likely N-dealkylation sites (tertiary alicyclic amines) is 1. The summed E-state index contributed by atoms with van der Waals surface area (Å²) in [4.78, 5) is 26.4. The van der Waals surface area contributed by atoms with Crippen LogP contribution < -0.4 is 5.32 Å². The maximum absolute atomic E-state index is 12.6. The van der Waals surface area contributed by atoms with E-state index in [9.17, 15) is 9.59 Å². The summed E-state index contributed by atoms with van der Waals surface area (Å²) in [6.45, 7) is 9.89. The van der Waals surface area contributed by atoms with Crippen molar-refractivity contribution in [3.63, 3.8) is 0 Å². The van der Waals surface area contributed by atoms with Crippen LogP contribution in [0.4, 0.5) is 0 Å². The zero-order valence-electron chi connectivity index (χ0n) is 11.8. The molecule has 0 bridgehead atoms. The monoisotopic (exact) mass is 252 g/mol. The van der Waals surface area contributed by atoms with Crippen LogP contribution in [0.1, 0.15) is 40.5 Å². The van der Waals surface area contributed by atoms with Crippen LogP contribution in [0, 0.1) is 17.3 Å². The Labute approximate surface area is 109 Å². The van der Waals surface area contributed by atoms with E-state index in [1.807, 2.05) is 20.8 Å². The molecular weight excluding hydrogens is 228 g/mol. The highest BCUT2D eigenvalue weighted by molar-refractivity contribution is 6.06. The average Bonchev–Trinajstić information content (AvgIpc) is 2.53. The summed E-state index contributed by atoms with van der Waals surface area (Å²) in [6.07, 6.45) is 1.26. The smallest absolute Gasteiger partial charge is 0.236 e. The van der Waals surface area contributed by atoms with Crippen LogP contribution in [0.15, 0.2) is 0 Å². The summed E-state index contributed by atoms with van der Waals surface area (Å²) >= 11 is 0. The molecule has 2 rings (SSSR count). The lowest BCUT2D eigenvalue weighted by Gasteiger charge is -2.36. The second-order valence-corrected chi connectivity index (χ2v) is 6.36. The Balaban J connectivity index is 2.24. The van der Waals surface area contributed by atoms with E-state index in [1.165, 1.54) is 0 Å². The zero-order chi connectivity index (χ0) is 13.5. The van der Waals surface area contributed by atoms with Gasteiger partial charge in [-0.15, -0.1) is 0 Å². The Morgan fingerprint density at radius 1 is 1.39 bits per heavy atom. The Hall–Kier alpha value is -0.900. The fraction of sp³-hybridized carbons (Fsp3) is 0.857. The predicted molar refractivity (Wildman–Crippen MR) is 69.9 cm³/mol. The van der Waals surface area contributed by atoms with Crippen molar-refractivity contribution in [3.8, 4) is 0 Å². The lowest BCUT2D eigenvalue weighted by molar-refractivity contribution is -0.146. The molecule has 18 heavy (non-hydrogen) atoms. The molecule has 2 aliphatic heterocycles. The summed E-state index contributed by atoms with van der Waals surface area (Å²) in [6, 6.07) is 0.0897. The molecule has 2 amide bonds. The number of nitrogens with one attached hydrogen (secondary N) is 1. The Morgan fingerprint density at radius 3 is 2.56 bits per heavy atom. The van der Waals surface area contributed by atoms with Crippen LogP contribution >= 0.6 is 0 Å². The quantitative estimate of drug-likeness (QED) is 0.756. The van der Waals surface area contributed by atoms with E-state index >= 15 is 0 Å². The molecule has 0 aliphatic carbocycles. The highest BCUT2D eigenvalue weighted by Gasteiger charge is 2.52. The largest absolute Gasteiger partial charge is 0.316 e. The molecule has 3 atom stereocenters. The first-order valence-corrected chi connectivity index (χ1v) is 6.95. The van der Waals surface area contributed by atoms with Crippen LogP contribution in [-0.4, -0.2) is 35.8 Å². The molecule has 102 valence electrons. The standard InChI is InChI=1S/C14H24N2O2/c1-9(2)14(4)7-12(17)16(13(14)18)11-5-6-15-8-10(11)3/h9-11,15H,5-8H2,1-4H3. The highest BCUT2D eigenvalue weighted by Crippen LogP contribution is 2.41. The van der Waals surface area contributed by atoms with Gasteiger partial charge in [0.15, 0.2) is 0 Å². The zero-order valence-corrected chi connectivity index (χ0v) is 11.8. The minimum absolute atomic E-state index is 0.0231. The van der Waals surface area contributed by atoms with E-state index in [0.717, 1.165) is 19.5 Å². The van der Waals surface area contributed by atoms with Gasteiger partial charge >= 0.3 is 0 Å². The van der Waals surface area contributed by atoms with Crippen molar-refractivity contribution in [1.29, 1.82) is 0 Å². The summed E-state index contributed by atoms with van der Waals surface area (Å²) in [5, 5.41) is 3.31. The van der Waals surface area contributed by atoms with E-state index in [2.05, 4.69) is 12.2 Å². The number of hydrogen-bond acceptors (Lipinski definition) is 3. The molecule has 1 N–H and O–H groups in total. The van der Waals surface area contributed by atoms with Crippen molar-refractivity contribution in [2.24, 2.45) is 17.3 Å². The molecule has 0 aromatic rings. The topological polar surface area (TPSA) is 49.4 Å². The second-order valence-electron chi connectivity index (χ2n) is 6.36. The molecule has 0 radical (unpaired) electrons. The van der Waals surface area contributed by atoms with Crippen molar-refractivity contribution in [3.05, 3.63) is 0 Å². The van der Waals surface area contributed by atoms with Crippen LogP contribution in [0.5, 0.6) is 0 Å². The van der Waals surface area contributed by atoms with Gasteiger partial charge in [-0.1, -0.05) is 20.8 Å². The minimum atomic E-state index is -0.498. The third kappa shape index (κ3) is 1.96. The van der Waals surface area contributed by atoms with E-state index < -0.39 is 5.41 Å².